The molecule has 0 spiro atoms. The number of H-pyrrole nitrogens is 1. The van der Waals surface area contributed by atoms with Crippen LogP contribution in [0.3, 0.4) is 0 Å². The predicted molar refractivity (Wildman–Crippen MR) is 110 cm³/mol. The van der Waals surface area contributed by atoms with Crippen LogP contribution in [-0.4, -0.2) is 50.3 Å². The van der Waals surface area contributed by atoms with Gasteiger partial charge in [0.2, 0.25) is 5.91 Å². The van der Waals surface area contributed by atoms with E-state index >= 15 is 0 Å². The molecule has 0 aliphatic carbocycles. The summed E-state index contributed by atoms with van der Waals surface area (Å²) in [4.78, 5) is 41.3. The molecule has 1 fully saturated rings. The number of nitrogens with zero attached hydrogens (tertiary/aromatic N) is 4. The van der Waals surface area contributed by atoms with E-state index in [1.807, 2.05) is 19.2 Å². The molecule has 154 valence electrons. The van der Waals surface area contributed by atoms with E-state index in [1.54, 1.807) is 11.1 Å². The minimum absolute atomic E-state index is 0.0802. The summed E-state index contributed by atoms with van der Waals surface area (Å²) in [6.07, 6.45) is 7.85. The van der Waals surface area contributed by atoms with Crippen LogP contribution in [0, 0.1) is 0 Å². The molecule has 4 heterocycles. The third-order valence-corrected chi connectivity index (χ3v) is 5.92. The maximum atomic E-state index is 12.8. The average Bonchev–Trinajstić information content (AvgIpc) is 2.74. The summed E-state index contributed by atoms with van der Waals surface area (Å²) >= 11 is 0. The van der Waals surface area contributed by atoms with Crippen molar-refractivity contribution in [3.63, 3.8) is 0 Å². The Kier molecular flexibility index (Phi) is 6.04. The highest BCUT2D eigenvalue weighted by Crippen LogP contribution is 2.26. The number of pyridine rings is 1. The summed E-state index contributed by atoms with van der Waals surface area (Å²) in [5.41, 5.74) is 2.65. The van der Waals surface area contributed by atoms with E-state index in [0.29, 0.717) is 31.5 Å². The molecule has 4 rings (SSSR count). The average molecular weight is 396 g/mol. The molecule has 1 N–H and O–H groups in total. The van der Waals surface area contributed by atoms with Gasteiger partial charge in [0.1, 0.15) is 5.82 Å². The smallest absolute Gasteiger partial charge is 0.256 e. The number of aromatic nitrogens is 3. The molecule has 0 unspecified atom stereocenters. The first-order valence-electron chi connectivity index (χ1n) is 10.6. The number of fused-ring (bicyclic) bond motifs is 1. The van der Waals surface area contributed by atoms with Gasteiger partial charge < -0.3 is 9.88 Å². The van der Waals surface area contributed by atoms with Gasteiger partial charge in [-0.05, 0) is 37.4 Å². The molecule has 0 radical (unpaired) electrons. The van der Waals surface area contributed by atoms with Gasteiger partial charge in [-0.15, -0.1) is 0 Å². The number of carbonyl (C=O) groups is 1. The molecule has 29 heavy (non-hydrogen) atoms. The topological polar surface area (TPSA) is 82.2 Å². The maximum absolute atomic E-state index is 12.8. The van der Waals surface area contributed by atoms with Crippen LogP contribution < -0.4 is 5.56 Å². The first kappa shape index (κ1) is 19.8. The first-order valence-corrected chi connectivity index (χ1v) is 10.6. The number of hydrogen-bond donors (Lipinski definition) is 1. The number of likely N-dealkylation sites (tertiary alicyclic amines) is 1. The fourth-order valence-electron chi connectivity index (χ4n) is 4.39. The van der Waals surface area contributed by atoms with Crippen LogP contribution in [0.15, 0.2) is 29.3 Å². The maximum Gasteiger partial charge on any atom is 0.256 e. The molecule has 7 heteroatoms. The normalized spacial score (nSPS) is 19.8. The van der Waals surface area contributed by atoms with E-state index in [2.05, 4.69) is 20.9 Å². The highest BCUT2D eigenvalue weighted by Gasteiger charge is 2.28. The van der Waals surface area contributed by atoms with Crippen molar-refractivity contribution in [1.29, 1.82) is 0 Å². The number of piperidine rings is 1. The fraction of sp³-hybridized carbons (Fsp3) is 0.545. The molecule has 0 saturated carbocycles. The Morgan fingerprint density at radius 3 is 3.03 bits per heavy atom. The molecular weight excluding hydrogens is 366 g/mol. The first-order chi connectivity index (χ1) is 14.1. The van der Waals surface area contributed by atoms with E-state index in [4.69, 9.17) is 4.98 Å². The molecule has 7 nitrogen and oxygen atoms in total. The third kappa shape index (κ3) is 4.56. The van der Waals surface area contributed by atoms with E-state index in [1.165, 1.54) is 5.56 Å². The molecule has 2 aromatic rings. The minimum atomic E-state index is -0.0802. The van der Waals surface area contributed by atoms with Crippen LogP contribution >= 0.6 is 0 Å². The number of hydrogen-bond acceptors (Lipinski definition) is 5. The summed E-state index contributed by atoms with van der Waals surface area (Å²) in [7, 11) is 0. The number of amides is 1. The van der Waals surface area contributed by atoms with Crippen LogP contribution in [-0.2, 0) is 24.3 Å². The van der Waals surface area contributed by atoms with Gasteiger partial charge in [-0.1, -0.05) is 13.0 Å². The van der Waals surface area contributed by atoms with E-state index < -0.39 is 0 Å². The van der Waals surface area contributed by atoms with Crippen molar-refractivity contribution < 1.29 is 4.79 Å². The quantitative estimate of drug-likeness (QED) is 0.840. The lowest BCUT2D eigenvalue weighted by Gasteiger charge is -2.33. The summed E-state index contributed by atoms with van der Waals surface area (Å²) in [5, 5.41) is 0. The predicted octanol–water partition coefficient (Wildman–Crippen LogP) is 2.23. The Morgan fingerprint density at radius 2 is 2.24 bits per heavy atom. The van der Waals surface area contributed by atoms with Gasteiger partial charge in [-0.3, -0.25) is 19.5 Å². The van der Waals surface area contributed by atoms with Crippen LogP contribution in [0.5, 0.6) is 0 Å². The Balaban J connectivity index is 1.48. The van der Waals surface area contributed by atoms with E-state index in [9.17, 15) is 9.59 Å². The standard InChI is InChI=1S/C22H29N5O2/c1-2-5-20(28)27-11-8-19-18(15-27)22(29)25-21(24-19)17-7-4-10-26(14-17)13-16-6-3-9-23-12-16/h3,6,9,12,17H,2,4-5,7-8,10-11,13-15H2,1H3,(H,24,25,29)/t17-/m0/s1. The highest BCUT2D eigenvalue weighted by molar-refractivity contribution is 5.76. The zero-order chi connectivity index (χ0) is 20.2. The zero-order valence-electron chi connectivity index (χ0n) is 17.1. The van der Waals surface area contributed by atoms with Crippen molar-refractivity contribution in [3.8, 4) is 0 Å². The van der Waals surface area contributed by atoms with Gasteiger partial charge in [-0.2, -0.15) is 0 Å². The van der Waals surface area contributed by atoms with Crippen molar-refractivity contribution in [2.24, 2.45) is 0 Å². The number of aromatic amines is 1. The van der Waals surface area contributed by atoms with Crippen LogP contribution in [0.25, 0.3) is 0 Å². The monoisotopic (exact) mass is 395 g/mol. The lowest BCUT2D eigenvalue weighted by Crippen LogP contribution is -2.40. The van der Waals surface area contributed by atoms with E-state index in [-0.39, 0.29) is 17.4 Å². The van der Waals surface area contributed by atoms with Gasteiger partial charge in [0.05, 0.1) is 17.8 Å². The SMILES string of the molecule is CCCC(=O)N1CCc2nc([C@H]3CCCN(Cc4cccnc4)C3)[nH]c(=O)c2C1. The number of nitrogens with one attached hydrogen (secondary N) is 1. The van der Waals surface area contributed by atoms with Gasteiger partial charge in [0.25, 0.3) is 5.56 Å². The molecule has 0 aromatic carbocycles. The highest BCUT2D eigenvalue weighted by atomic mass is 16.2. The summed E-state index contributed by atoms with van der Waals surface area (Å²) < 4.78 is 0. The molecule has 1 amide bonds. The molecule has 2 aliphatic heterocycles. The molecule has 1 saturated heterocycles. The Morgan fingerprint density at radius 1 is 1.34 bits per heavy atom. The second kappa shape index (κ2) is 8.86. The lowest BCUT2D eigenvalue weighted by molar-refractivity contribution is -0.132. The van der Waals surface area contributed by atoms with Gasteiger partial charge >= 0.3 is 0 Å². The van der Waals surface area contributed by atoms with Gasteiger partial charge in [0.15, 0.2) is 0 Å². The van der Waals surface area contributed by atoms with Crippen molar-refractivity contribution in [2.75, 3.05) is 19.6 Å². The van der Waals surface area contributed by atoms with Crippen LogP contribution in [0.2, 0.25) is 0 Å². The van der Waals surface area contributed by atoms with Crippen LogP contribution in [0.1, 0.15) is 61.2 Å². The zero-order valence-corrected chi connectivity index (χ0v) is 17.1. The molecule has 2 aromatic heterocycles. The summed E-state index contributed by atoms with van der Waals surface area (Å²) in [6.45, 7) is 5.84. The Labute approximate surface area is 171 Å². The molecular formula is C22H29N5O2. The van der Waals surface area contributed by atoms with Crippen molar-refractivity contribution in [3.05, 3.63) is 57.5 Å². The number of rotatable bonds is 5. The summed E-state index contributed by atoms with van der Waals surface area (Å²) in [5.74, 6) is 1.16. The minimum Gasteiger partial charge on any atom is -0.338 e. The Bertz CT molecular complexity index is 911. The number of carbonyl (C=O) groups excluding carboxylic acids is 1. The second-order valence-electron chi connectivity index (χ2n) is 8.13. The fourth-order valence-corrected chi connectivity index (χ4v) is 4.39. The third-order valence-electron chi connectivity index (χ3n) is 5.92. The Hall–Kier alpha value is -2.54. The van der Waals surface area contributed by atoms with Gasteiger partial charge in [-0.25, -0.2) is 4.98 Å². The molecule has 2 aliphatic rings. The second-order valence-corrected chi connectivity index (χ2v) is 8.13. The van der Waals surface area contributed by atoms with Crippen molar-refractivity contribution in [2.45, 2.75) is 58.0 Å². The molecule has 0 bridgehead atoms. The van der Waals surface area contributed by atoms with Crippen LogP contribution in [0.4, 0.5) is 0 Å². The largest absolute Gasteiger partial charge is 0.338 e. The van der Waals surface area contributed by atoms with E-state index in [0.717, 1.165) is 50.4 Å². The lowest BCUT2D eigenvalue weighted by atomic mass is 9.96. The van der Waals surface area contributed by atoms with Crippen molar-refractivity contribution >= 4 is 5.91 Å². The van der Waals surface area contributed by atoms with Crippen molar-refractivity contribution in [1.82, 2.24) is 24.8 Å². The summed E-state index contributed by atoms with van der Waals surface area (Å²) in [6, 6.07) is 4.06. The molecule has 1 atom stereocenters. The van der Waals surface area contributed by atoms with Gasteiger partial charge in [0, 0.05) is 50.8 Å².